The van der Waals surface area contributed by atoms with Gasteiger partial charge in [0.2, 0.25) is 0 Å². The number of allylic oxidation sites excluding steroid dienone is 1. The van der Waals surface area contributed by atoms with E-state index in [9.17, 15) is 4.79 Å². The van der Waals surface area contributed by atoms with Crippen LogP contribution in [-0.2, 0) is 13.2 Å². The van der Waals surface area contributed by atoms with Crippen molar-refractivity contribution >= 4 is 22.6 Å². The van der Waals surface area contributed by atoms with Gasteiger partial charge in [0.05, 0.1) is 25.1 Å². The van der Waals surface area contributed by atoms with Crippen molar-refractivity contribution in [3.05, 3.63) is 94.0 Å². The van der Waals surface area contributed by atoms with Crippen molar-refractivity contribution in [1.82, 2.24) is 9.55 Å². The lowest BCUT2D eigenvalue weighted by atomic mass is 10.0. The number of methoxy groups -OCH3 is 2. The molecule has 0 amide bonds. The Morgan fingerprint density at radius 3 is 2.54 bits per heavy atom. The third kappa shape index (κ3) is 4.78. The summed E-state index contributed by atoms with van der Waals surface area (Å²) in [6.45, 7) is 1.15. The summed E-state index contributed by atoms with van der Waals surface area (Å²) in [7, 11) is 3.15. The van der Waals surface area contributed by atoms with Crippen LogP contribution in [0.15, 0.2) is 71.5 Å². The monoisotopic (exact) mass is 468 g/mol. The van der Waals surface area contributed by atoms with Crippen LogP contribution in [0.5, 0.6) is 17.2 Å². The first-order valence-electron chi connectivity index (χ1n) is 11.8. The molecule has 1 aliphatic heterocycles. The molecule has 6 nitrogen and oxygen atoms in total. The molecule has 1 aliphatic rings. The van der Waals surface area contributed by atoms with E-state index in [1.165, 1.54) is 0 Å². The molecule has 0 N–H and O–H groups in total. The van der Waals surface area contributed by atoms with E-state index in [2.05, 4.69) is 6.08 Å². The second-order valence-electron chi connectivity index (χ2n) is 8.59. The highest BCUT2D eigenvalue weighted by Crippen LogP contribution is 2.32. The Bertz CT molecular complexity index is 1440. The van der Waals surface area contributed by atoms with E-state index in [1.807, 2.05) is 54.6 Å². The average molecular weight is 469 g/mol. The molecule has 0 spiro atoms. The lowest BCUT2D eigenvalue weighted by molar-refractivity contribution is 0.306. The van der Waals surface area contributed by atoms with Crippen molar-refractivity contribution < 1.29 is 14.2 Å². The van der Waals surface area contributed by atoms with Gasteiger partial charge in [-0.15, -0.1) is 0 Å². The van der Waals surface area contributed by atoms with Gasteiger partial charge in [-0.3, -0.25) is 9.36 Å². The molecule has 2 heterocycles. The normalized spacial score (nSPS) is 14.4. The Labute approximate surface area is 204 Å². The molecule has 35 heavy (non-hydrogen) atoms. The Balaban J connectivity index is 1.53. The fourth-order valence-electron chi connectivity index (χ4n) is 4.47. The van der Waals surface area contributed by atoms with Crippen molar-refractivity contribution in [2.24, 2.45) is 0 Å². The number of nitrogens with zero attached hydrogens (tertiary/aromatic N) is 2. The molecule has 6 heteroatoms. The van der Waals surface area contributed by atoms with Crippen LogP contribution in [0.25, 0.3) is 22.6 Å². The average Bonchev–Trinajstić information content (AvgIpc) is 3.10. The van der Waals surface area contributed by atoms with Gasteiger partial charge in [-0.2, -0.15) is 0 Å². The maximum atomic E-state index is 13.4. The number of fused-ring (bicyclic) bond motifs is 2. The quantitative estimate of drug-likeness (QED) is 0.362. The molecule has 5 rings (SSSR count). The van der Waals surface area contributed by atoms with Crippen LogP contribution >= 0.6 is 0 Å². The second-order valence-corrected chi connectivity index (χ2v) is 8.59. The zero-order chi connectivity index (χ0) is 24.2. The lowest BCUT2D eigenvalue weighted by Crippen LogP contribution is -2.24. The van der Waals surface area contributed by atoms with Gasteiger partial charge in [0, 0.05) is 12.6 Å². The van der Waals surface area contributed by atoms with Crippen LogP contribution in [0.1, 0.15) is 36.2 Å². The van der Waals surface area contributed by atoms with Gasteiger partial charge in [0.1, 0.15) is 18.2 Å². The third-order valence-electron chi connectivity index (χ3n) is 6.27. The van der Waals surface area contributed by atoms with Crippen molar-refractivity contribution in [3.8, 4) is 17.2 Å². The Morgan fingerprint density at radius 1 is 0.943 bits per heavy atom. The first-order valence-corrected chi connectivity index (χ1v) is 11.8. The van der Waals surface area contributed by atoms with Crippen LogP contribution in [-0.4, -0.2) is 23.8 Å². The van der Waals surface area contributed by atoms with E-state index < -0.39 is 0 Å². The van der Waals surface area contributed by atoms with Gasteiger partial charge in [-0.1, -0.05) is 42.5 Å². The molecule has 0 unspecified atom stereocenters. The van der Waals surface area contributed by atoms with E-state index in [0.29, 0.717) is 41.4 Å². The Kier molecular flexibility index (Phi) is 6.53. The van der Waals surface area contributed by atoms with Crippen molar-refractivity contribution in [2.45, 2.75) is 32.4 Å². The van der Waals surface area contributed by atoms with E-state index in [-0.39, 0.29) is 5.56 Å². The molecular weight excluding hydrogens is 440 g/mol. The molecular formula is C29H28N2O4. The Morgan fingerprint density at radius 2 is 1.74 bits per heavy atom. The molecule has 3 aromatic carbocycles. The summed E-state index contributed by atoms with van der Waals surface area (Å²) < 4.78 is 18.7. The minimum Gasteiger partial charge on any atom is -0.493 e. The van der Waals surface area contributed by atoms with Gasteiger partial charge in [-0.05, 0) is 60.2 Å². The van der Waals surface area contributed by atoms with Crippen LogP contribution in [0.3, 0.4) is 0 Å². The fourth-order valence-corrected chi connectivity index (χ4v) is 4.47. The molecule has 4 aromatic rings. The minimum absolute atomic E-state index is 0.0568. The number of rotatable bonds is 6. The molecule has 0 bridgehead atoms. The van der Waals surface area contributed by atoms with Gasteiger partial charge >= 0.3 is 0 Å². The van der Waals surface area contributed by atoms with Gasteiger partial charge in [0.15, 0.2) is 11.5 Å². The van der Waals surface area contributed by atoms with Crippen LogP contribution in [0, 0.1) is 0 Å². The largest absolute Gasteiger partial charge is 0.493 e. The summed E-state index contributed by atoms with van der Waals surface area (Å²) in [4.78, 5) is 18.4. The van der Waals surface area contributed by atoms with Crippen LogP contribution < -0.4 is 19.8 Å². The number of hydrogen-bond acceptors (Lipinski definition) is 5. The highest BCUT2D eigenvalue weighted by Gasteiger charge is 2.19. The summed E-state index contributed by atoms with van der Waals surface area (Å²) in [5.74, 6) is 2.59. The van der Waals surface area contributed by atoms with Crippen LogP contribution in [0.2, 0.25) is 0 Å². The van der Waals surface area contributed by atoms with E-state index in [1.54, 1.807) is 30.9 Å². The fraction of sp³-hybridized carbons (Fsp3) is 0.241. The predicted octanol–water partition coefficient (Wildman–Crippen LogP) is 5.72. The zero-order valence-electron chi connectivity index (χ0n) is 20.0. The highest BCUT2D eigenvalue weighted by molar-refractivity contribution is 5.86. The molecule has 0 atom stereocenters. The molecule has 0 saturated heterocycles. The summed E-state index contributed by atoms with van der Waals surface area (Å²) in [6, 6.07) is 21.6. The topological polar surface area (TPSA) is 62.6 Å². The minimum atomic E-state index is -0.0568. The molecule has 0 saturated carbocycles. The SMILES string of the molecule is COc1cc2nc3n(c(=O)c2cc1OC)CCCC/C3=C/c1cccc(OCc2ccccc2)c1. The molecule has 0 radical (unpaired) electrons. The first kappa shape index (κ1) is 22.7. The van der Waals surface area contributed by atoms with Crippen molar-refractivity contribution in [3.63, 3.8) is 0 Å². The van der Waals surface area contributed by atoms with Gasteiger partial charge < -0.3 is 14.2 Å². The lowest BCUT2D eigenvalue weighted by Gasteiger charge is -2.14. The smallest absolute Gasteiger partial charge is 0.261 e. The van der Waals surface area contributed by atoms with Gasteiger partial charge in [-0.25, -0.2) is 4.98 Å². The van der Waals surface area contributed by atoms with Crippen molar-refractivity contribution in [1.29, 1.82) is 0 Å². The standard InChI is InChI=1S/C29H28N2O4/c1-33-26-17-24-25(18-27(26)34-2)30-28-22(12-6-7-14-31(28)29(24)32)15-21-11-8-13-23(16-21)35-19-20-9-4-3-5-10-20/h3-5,8-11,13,15-18H,6-7,12,14,19H2,1-2H3/b22-15-. The number of hydrogen-bond donors (Lipinski definition) is 0. The number of ether oxygens (including phenoxy) is 3. The summed E-state index contributed by atoms with van der Waals surface area (Å²) in [6.07, 6.45) is 4.87. The first-order chi connectivity index (χ1) is 17.2. The molecule has 178 valence electrons. The summed E-state index contributed by atoms with van der Waals surface area (Å²) in [5, 5.41) is 0.531. The number of benzene rings is 3. The van der Waals surface area contributed by atoms with Gasteiger partial charge in [0.25, 0.3) is 5.56 Å². The highest BCUT2D eigenvalue weighted by atomic mass is 16.5. The van der Waals surface area contributed by atoms with Crippen LogP contribution in [0.4, 0.5) is 0 Å². The molecule has 1 aromatic heterocycles. The molecule has 0 fully saturated rings. The van der Waals surface area contributed by atoms with E-state index in [4.69, 9.17) is 19.2 Å². The summed E-state index contributed by atoms with van der Waals surface area (Å²) >= 11 is 0. The molecule has 0 aliphatic carbocycles. The predicted molar refractivity (Wildman–Crippen MR) is 138 cm³/mol. The van der Waals surface area contributed by atoms with E-state index in [0.717, 1.165) is 41.7 Å². The third-order valence-corrected chi connectivity index (χ3v) is 6.27. The number of aromatic nitrogens is 2. The Hall–Kier alpha value is -4.06. The maximum absolute atomic E-state index is 13.4. The van der Waals surface area contributed by atoms with Crippen molar-refractivity contribution in [2.75, 3.05) is 14.2 Å². The zero-order valence-corrected chi connectivity index (χ0v) is 20.0. The second kappa shape index (κ2) is 10.1. The summed E-state index contributed by atoms with van der Waals surface area (Å²) in [5.41, 5.74) is 3.72. The van der Waals surface area contributed by atoms with E-state index >= 15 is 0 Å². The maximum Gasteiger partial charge on any atom is 0.261 e.